The molecule has 0 radical (unpaired) electrons. The van der Waals surface area contributed by atoms with Crippen LogP contribution >= 0.6 is 0 Å². The molecule has 0 aliphatic carbocycles. The van der Waals surface area contributed by atoms with E-state index in [1.807, 2.05) is 41.5 Å². The van der Waals surface area contributed by atoms with Gasteiger partial charge in [-0.25, -0.2) is 14.4 Å². The van der Waals surface area contributed by atoms with Crippen LogP contribution in [0, 0.1) is 17.8 Å². The van der Waals surface area contributed by atoms with E-state index in [0.717, 1.165) is 0 Å². The van der Waals surface area contributed by atoms with Crippen molar-refractivity contribution in [2.75, 3.05) is 19.8 Å². The Labute approximate surface area is 248 Å². The molecule has 3 N–H and O–H groups in total. The highest BCUT2D eigenvalue weighted by atomic mass is 16.7. The van der Waals surface area contributed by atoms with E-state index in [1.54, 1.807) is 0 Å². The molecule has 1 rings (SSSR count). The fourth-order valence-corrected chi connectivity index (χ4v) is 3.55. The topological polar surface area (TPSA) is 170 Å². The summed E-state index contributed by atoms with van der Waals surface area (Å²) in [5, 5.41) is 9.94. The Bertz CT molecular complexity index is 1020. The van der Waals surface area contributed by atoms with Crippen molar-refractivity contribution in [1.29, 1.82) is 0 Å². The fourth-order valence-electron chi connectivity index (χ4n) is 3.55. The predicted octanol–water partition coefficient (Wildman–Crippen LogP) is 6.11. The molecule has 0 saturated heterocycles. The number of carbonyl (C=O) groups excluding carboxylic acids is 3. The van der Waals surface area contributed by atoms with Crippen molar-refractivity contribution in [3.63, 3.8) is 0 Å². The summed E-state index contributed by atoms with van der Waals surface area (Å²) in [6.45, 7) is 13.8. The summed E-state index contributed by atoms with van der Waals surface area (Å²) in [4.78, 5) is 48.8. The summed E-state index contributed by atoms with van der Waals surface area (Å²) in [6.07, 6.45) is -2.40. The molecule has 1 aromatic rings. The Kier molecular flexibility index (Phi) is 15.7. The lowest BCUT2D eigenvalue weighted by atomic mass is 9.86. The van der Waals surface area contributed by atoms with Crippen molar-refractivity contribution in [3.05, 3.63) is 23.8 Å². The molecule has 42 heavy (non-hydrogen) atoms. The highest BCUT2D eigenvalue weighted by Crippen LogP contribution is 2.31. The SMILES string of the molecule is CC(C)CCOC(=O)Oc1ccc(CC(N)(C[C@H](C)OC(=O)OCCC(C)C)C(=O)O)cc1OC(=O)OCCC(C)C. The van der Waals surface area contributed by atoms with E-state index in [-0.39, 0.29) is 44.2 Å². The fraction of sp³-hybridized carbons (Fsp3) is 0.667. The molecule has 1 unspecified atom stereocenters. The summed E-state index contributed by atoms with van der Waals surface area (Å²) in [7, 11) is 0. The van der Waals surface area contributed by atoms with Gasteiger partial charge in [-0.15, -0.1) is 0 Å². The maximum atomic E-state index is 12.3. The van der Waals surface area contributed by atoms with Gasteiger partial charge in [-0.2, -0.15) is 0 Å². The molecule has 0 aromatic heterocycles. The number of nitrogens with two attached hydrogens (primary N) is 1. The van der Waals surface area contributed by atoms with Crippen LogP contribution in [-0.4, -0.2) is 61.0 Å². The average Bonchev–Trinajstić information content (AvgIpc) is 2.84. The van der Waals surface area contributed by atoms with Crippen molar-refractivity contribution in [3.8, 4) is 11.5 Å². The normalized spacial score (nSPS) is 13.3. The van der Waals surface area contributed by atoms with E-state index < -0.39 is 36.1 Å². The Morgan fingerprint density at radius 2 is 1.19 bits per heavy atom. The molecule has 0 saturated carbocycles. The Hall–Kier alpha value is -3.54. The summed E-state index contributed by atoms with van der Waals surface area (Å²) in [5.41, 5.74) is 4.74. The third kappa shape index (κ3) is 14.9. The lowest BCUT2D eigenvalue weighted by Gasteiger charge is -2.28. The highest BCUT2D eigenvalue weighted by molar-refractivity contribution is 5.79. The molecule has 1 aromatic carbocycles. The van der Waals surface area contributed by atoms with Crippen LogP contribution in [0.15, 0.2) is 18.2 Å². The third-order valence-electron chi connectivity index (χ3n) is 6.03. The zero-order chi connectivity index (χ0) is 31.9. The summed E-state index contributed by atoms with van der Waals surface area (Å²) in [6, 6.07) is 4.14. The second-order valence-corrected chi connectivity index (χ2v) is 11.6. The summed E-state index contributed by atoms with van der Waals surface area (Å²) < 4.78 is 31.0. The van der Waals surface area contributed by atoms with Crippen molar-refractivity contribution >= 4 is 24.4 Å². The van der Waals surface area contributed by atoms with Crippen molar-refractivity contribution in [2.24, 2.45) is 23.5 Å². The predicted molar refractivity (Wildman–Crippen MR) is 154 cm³/mol. The molecule has 0 amide bonds. The first-order chi connectivity index (χ1) is 19.6. The van der Waals surface area contributed by atoms with Crippen molar-refractivity contribution < 1.29 is 52.7 Å². The molecule has 12 heteroatoms. The molecule has 12 nitrogen and oxygen atoms in total. The lowest BCUT2D eigenvalue weighted by Crippen LogP contribution is -2.52. The monoisotopic (exact) mass is 597 g/mol. The first-order valence-corrected chi connectivity index (χ1v) is 14.3. The number of carboxylic acids is 1. The van der Waals surface area contributed by atoms with Gasteiger partial charge in [0.2, 0.25) is 0 Å². The molecular weight excluding hydrogens is 550 g/mol. The van der Waals surface area contributed by atoms with Gasteiger partial charge in [-0.1, -0.05) is 47.6 Å². The number of aliphatic carboxylic acids is 1. The third-order valence-corrected chi connectivity index (χ3v) is 6.03. The summed E-state index contributed by atoms with van der Waals surface area (Å²) >= 11 is 0. The second-order valence-electron chi connectivity index (χ2n) is 11.6. The number of carboxylic acid groups (broad SMARTS) is 1. The van der Waals surface area contributed by atoms with Crippen LogP contribution < -0.4 is 15.2 Å². The zero-order valence-corrected chi connectivity index (χ0v) is 25.8. The van der Waals surface area contributed by atoms with E-state index in [2.05, 4.69) is 0 Å². The van der Waals surface area contributed by atoms with Crippen molar-refractivity contribution in [1.82, 2.24) is 0 Å². The first kappa shape index (κ1) is 36.5. The van der Waals surface area contributed by atoms with E-state index in [0.29, 0.717) is 42.6 Å². The first-order valence-electron chi connectivity index (χ1n) is 14.3. The van der Waals surface area contributed by atoms with Crippen molar-refractivity contribution in [2.45, 2.75) is 92.2 Å². The van der Waals surface area contributed by atoms with Gasteiger partial charge in [-0.3, -0.25) is 4.79 Å². The number of carbonyl (C=O) groups is 4. The van der Waals surface area contributed by atoms with Gasteiger partial charge in [-0.05, 0) is 61.6 Å². The van der Waals surface area contributed by atoms with Crippen LogP contribution in [0.4, 0.5) is 14.4 Å². The van der Waals surface area contributed by atoms with E-state index in [4.69, 9.17) is 34.2 Å². The molecule has 0 spiro atoms. The van der Waals surface area contributed by atoms with Crippen LogP contribution in [0.3, 0.4) is 0 Å². The van der Waals surface area contributed by atoms with Crippen LogP contribution in [0.2, 0.25) is 0 Å². The number of hydrogen-bond donors (Lipinski definition) is 2. The van der Waals surface area contributed by atoms with Gasteiger partial charge in [0.15, 0.2) is 11.5 Å². The molecule has 0 heterocycles. The molecule has 0 fully saturated rings. The maximum absolute atomic E-state index is 12.3. The van der Waals surface area contributed by atoms with E-state index >= 15 is 0 Å². The van der Waals surface area contributed by atoms with Gasteiger partial charge in [0, 0.05) is 12.8 Å². The van der Waals surface area contributed by atoms with Crippen LogP contribution in [0.25, 0.3) is 0 Å². The number of benzene rings is 1. The minimum absolute atomic E-state index is 0.117. The van der Waals surface area contributed by atoms with Gasteiger partial charge in [0.1, 0.15) is 11.6 Å². The van der Waals surface area contributed by atoms with Crippen LogP contribution in [-0.2, 0) is 30.2 Å². The lowest BCUT2D eigenvalue weighted by molar-refractivity contribution is -0.144. The Balaban J connectivity index is 3.07. The van der Waals surface area contributed by atoms with Gasteiger partial charge in [0.05, 0.1) is 19.8 Å². The standard InChI is InChI=1S/C30H47NO11/c1-19(2)10-13-37-27(34)40-22(7)17-30(31,26(32)33)18-23-8-9-24(41-28(35)38-14-11-20(3)4)25(16-23)42-29(36)39-15-12-21(5)6/h8-9,16,19-22H,10-15,17-18,31H2,1-7H3,(H,32,33)/t22-,30?/m0/s1. The van der Waals surface area contributed by atoms with Crippen LogP contribution in [0.5, 0.6) is 11.5 Å². The average molecular weight is 598 g/mol. The summed E-state index contributed by atoms with van der Waals surface area (Å²) in [5.74, 6) is -0.715. The maximum Gasteiger partial charge on any atom is 0.513 e. The number of ether oxygens (including phenoxy) is 6. The smallest absolute Gasteiger partial charge is 0.480 e. The van der Waals surface area contributed by atoms with E-state index in [1.165, 1.54) is 25.1 Å². The van der Waals surface area contributed by atoms with Crippen LogP contribution in [0.1, 0.15) is 79.7 Å². The van der Waals surface area contributed by atoms with Gasteiger partial charge >= 0.3 is 24.4 Å². The molecule has 2 atom stereocenters. The zero-order valence-electron chi connectivity index (χ0n) is 25.8. The van der Waals surface area contributed by atoms with Gasteiger partial charge < -0.3 is 39.3 Å². The molecule has 0 aliphatic rings. The Morgan fingerprint density at radius 3 is 1.64 bits per heavy atom. The molecule has 0 bridgehead atoms. The molecule has 0 aliphatic heterocycles. The quantitative estimate of drug-likeness (QED) is 0.120. The highest BCUT2D eigenvalue weighted by Gasteiger charge is 2.37. The van der Waals surface area contributed by atoms with Gasteiger partial charge in [0.25, 0.3) is 0 Å². The second kappa shape index (κ2) is 18.1. The number of rotatable bonds is 17. The Morgan fingerprint density at radius 1 is 0.738 bits per heavy atom. The van der Waals surface area contributed by atoms with E-state index in [9.17, 15) is 24.3 Å². The minimum atomic E-state index is -1.87. The largest absolute Gasteiger partial charge is 0.513 e. The number of hydrogen-bond acceptors (Lipinski definition) is 11. The minimum Gasteiger partial charge on any atom is -0.480 e. The molecular formula is C30H47NO11. The molecule has 238 valence electrons.